The summed E-state index contributed by atoms with van der Waals surface area (Å²) in [6.45, 7) is 1.40. The molecule has 1 saturated heterocycles. The molecule has 0 aliphatic carbocycles. The molecule has 3 nitrogen and oxygen atoms in total. The highest BCUT2D eigenvalue weighted by Gasteiger charge is 2.30. The van der Waals surface area contributed by atoms with Crippen LogP contribution in [0.5, 0.6) is 0 Å². The summed E-state index contributed by atoms with van der Waals surface area (Å²) in [7, 11) is 1.58. The number of hydrogen-bond donors (Lipinski definition) is 0. The topological polar surface area (TPSA) is 29.5 Å². The molecule has 0 spiro atoms. The molecule has 1 aliphatic heterocycles. The number of halogens is 2. The first-order chi connectivity index (χ1) is 12.1. The third kappa shape index (κ3) is 4.35. The molecule has 0 radical (unpaired) electrons. The fraction of sp³-hybridized carbons (Fsp3) is 0.350. The molecule has 0 N–H and O–H groups in total. The second-order valence-corrected chi connectivity index (χ2v) is 7.23. The Bertz CT molecular complexity index is 715. The highest BCUT2D eigenvalue weighted by molar-refractivity contribution is 6.34. The lowest BCUT2D eigenvalue weighted by Crippen LogP contribution is -2.42. The SMILES string of the molecule is CO[C@@H](C(=O)N1CCC[C@H](c2cc(Cl)cc(Cl)c2)C1)c1ccccc1. The molecule has 5 heteroatoms. The molecule has 0 aromatic heterocycles. The molecule has 1 amide bonds. The zero-order valence-electron chi connectivity index (χ0n) is 14.1. The molecule has 2 aromatic carbocycles. The lowest BCUT2D eigenvalue weighted by atomic mass is 9.90. The number of rotatable bonds is 4. The second kappa shape index (κ2) is 8.22. The fourth-order valence-corrected chi connectivity index (χ4v) is 3.98. The minimum absolute atomic E-state index is 0.00604. The van der Waals surface area contributed by atoms with E-state index in [1.807, 2.05) is 47.4 Å². The molecule has 2 atom stereocenters. The van der Waals surface area contributed by atoms with Crippen LogP contribution < -0.4 is 0 Å². The standard InChI is InChI=1S/C20H21Cl2NO2/c1-25-19(14-6-3-2-4-7-14)20(24)23-9-5-8-15(13-23)16-10-17(21)12-18(22)11-16/h2-4,6-7,10-12,15,19H,5,8-9,13H2,1H3/t15-,19+/m0/s1. The third-order valence-corrected chi connectivity index (χ3v) is 5.09. The van der Waals surface area contributed by atoms with Gasteiger partial charge in [0.2, 0.25) is 0 Å². The molecule has 1 aliphatic rings. The number of benzene rings is 2. The van der Waals surface area contributed by atoms with Gasteiger partial charge in [-0.1, -0.05) is 53.5 Å². The smallest absolute Gasteiger partial charge is 0.256 e. The molecule has 25 heavy (non-hydrogen) atoms. The van der Waals surface area contributed by atoms with Gasteiger partial charge in [-0.05, 0) is 42.2 Å². The van der Waals surface area contributed by atoms with Crippen LogP contribution >= 0.6 is 23.2 Å². The van der Waals surface area contributed by atoms with Crippen molar-refractivity contribution in [1.29, 1.82) is 0 Å². The Labute approximate surface area is 158 Å². The van der Waals surface area contributed by atoms with Crippen LogP contribution in [0.15, 0.2) is 48.5 Å². The first-order valence-corrected chi connectivity index (χ1v) is 9.16. The quantitative estimate of drug-likeness (QED) is 0.742. The second-order valence-electron chi connectivity index (χ2n) is 6.35. The van der Waals surface area contributed by atoms with Crippen LogP contribution in [-0.4, -0.2) is 31.0 Å². The number of amides is 1. The monoisotopic (exact) mass is 377 g/mol. The van der Waals surface area contributed by atoms with E-state index in [2.05, 4.69) is 0 Å². The highest BCUT2D eigenvalue weighted by Crippen LogP contribution is 2.32. The van der Waals surface area contributed by atoms with E-state index >= 15 is 0 Å². The zero-order valence-corrected chi connectivity index (χ0v) is 15.6. The Morgan fingerprint density at radius 3 is 2.48 bits per heavy atom. The van der Waals surface area contributed by atoms with E-state index in [-0.39, 0.29) is 11.8 Å². The van der Waals surface area contributed by atoms with Gasteiger partial charge in [0.25, 0.3) is 5.91 Å². The van der Waals surface area contributed by atoms with Crippen LogP contribution in [0.3, 0.4) is 0 Å². The van der Waals surface area contributed by atoms with Gasteiger partial charge >= 0.3 is 0 Å². The molecule has 132 valence electrons. The Morgan fingerprint density at radius 1 is 1.16 bits per heavy atom. The van der Waals surface area contributed by atoms with E-state index in [9.17, 15) is 4.79 Å². The van der Waals surface area contributed by atoms with Crippen LogP contribution in [0.25, 0.3) is 0 Å². The zero-order chi connectivity index (χ0) is 17.8. The summed E-state index contributed by atoms with van der Waals surface area (Å²) in [5, 5.41) is 1.26. The van der Waals surface area contributed by atoms with Gasteiger partial charge in [0, 0.05) is 36.2 Å². The van der Waals surface area contributed by atoms with Crippen molar-refractivity contribution < 1.29 is 9.53 Å². The molecule has 0 saturated carbocycles. The molecular formula is C20H21Cl2NO2. The Balaban J connectivity index is 1.77. The normalized spacial score (nSPS) is 18.8. The van der Waals surface area contributed by atoms with Crippen molar-refractivity contribution in [2.24, 2.45) is 0 Å². The Hall–Kier alpha value is -1.55. The van der Waals surface area contributed by atoms with Crippen molar-refractivity contribution in [2.45, 2.75) is 24.9 Å². The van der Waals surface area contributed by atoms with Gasteiger partial charge in [0.05, 0.1) is 0 Å². The summed E-state index contributed by atoms with van der Waals surface area (Å²) >= 11 is 12.3. The maximum Gasteiger partial charge on any atom is 0.256 e. The first-order valence-electron chi connectivity index (χ1n) is 8.41. The molecule has 2 aromatic rings. The van der Waals surface area contributed by atoms with Gasteiger partial charge in [-0.15, -0.1) is 0 Å². The maximum absolute atomic E-state index is 13.0. The van der Waals surface area contributed by atoms with Crippen LogP contribution in [0, 0.1) is 0 Å². The van der Waals surface area contributed by atoms with Gasteiger partial charge < -0.3 is 9.64 Å². The molecular weight excluding hydrogens is 357 g/mol. The summed E-state index contributed by atoms with van der Waals surface area (Å²) in [5.41, 5.74) is 1.96. The van der Waals surface area contributed by atoms with Crippen LogP contribution in [0.2, 0.25) is 10.0 Å². The molecule has 1 heterocycles. The number of likely N-dealkylation sites (tertiary alicyclic amines) is 1. The van der Waals surface area contributed by atoms with Gasteiger partial charge in [-0.25, -0.2) is 0 Å². The van der Waals surface area contributed by atoms with Crippen LogP contribution in [0.1, 0.15) is 36.0 Å². The van der Waals surface area contributed by atoms with Gasteiger partial charge in [0.1, 0.15) is 0 Å². The van der Waals surface area contributed by atoms with Crippen molar-refractivity contribution >= 4 is 29.1 Å². The minimum atomic E-state index is -0.567. The molecule has 1 fully saturated rings. The highest BCUT2D eigenvalue weighted by atomic mass is 35.5. The van der Waals surface area contributed by atoms with Crippen molar-refractivity contribution in [3.05, 3.63) is 69.7 Å². The van der Waals surface area contributed by atoms with Crippen LogP contribution in [-0.2, 0) is 9.53 Å². The van der Waals surface area contributed by atoms with Crippen LogP contribution in [0.4, 0.5) is 0 Å². The number of nitrogens with zero attached hydrogens (tertiary/aromatic N) is 1. The number of hydrogen-bond acceptors (Lipinski definition) is 2. The van der Waals surface area contributed by atoms with Crippen molar-refractivity contribution in [3.63, 3.8) is 0 Å². The van der Waals surface area contributed by atoms with Crippen molar-refractivity contribution in [2.75, 3.05) is 20.2 Å². The third-order valence-electron chi connectivity index (χ3n) is 4.65. The van der Waals surface area contributed by atoms with Crippen molar-refractivity contribution in [1.82, 2.24) is 4.90 Å². The predicted octanol–water partition coefficient (Wildman–Crippen LogP) is 5.09. The summed E-state index contributed by atoms with van der Waals surface area (Å²) < 4.78 is 5.50. The summed E-state index contributed by atoms with van der Waals surface area (Å²) in [6, 6.07) is 15.2. The average Bonchev–Trinajstić information content (AvgIpc) is 2.62. The van der Waals surface area contributed by atoms with E-state index in [4.69, 9.17) is 27.9 Å². The van der Waals surface area contributed by atoms with Gasteiger partial charge in [-0.3, -0.25) is 4.79 Å². The number of piperidine rings is 1. The lowest BCUT2D eigenvalue weighted by Gasteiger charge is -2.35. The molecule has 0 unspecified atom stereocenters. The number of ether oxygens (including phenoxy) is 1. The van der Waals surface area contributed by atoms with E-state index in [1.54, 1.807) is 13.2 Å². The van der Waals surface area contributed by atoms with E-state index < -0.39 is 6.10 Å². The van der Waals surface area contributed by atoms with E-state index in [0.717, 1.165) is 30.5 Å². The Kier molecular flexibility index (Phi) is 6.00. The number of carbonyl (C=O) groups excluding carboxylic acids is 1. The number of methoxy groups -OCH3 is 1. The molecule has 3 rings (SSSR count). The summed E-state index contributed by atoms with van der Waals surface area (Å²) in [6.07, 6.45) is 1.40. The first kappa shape index (κ1) is 18.2. The largest absolute Gasteiger partial charge is 0.367 e. The number of carbonyl (C=O) groups is 1. The predicted molar refractivity (Wildman–Crippen MR) is 101 cm³/mol. The Morgan fingerprint density at radius 2 is 1.84 bits per heavy atom. The summed E-state index contributed by atoms with van der Waals surface area (Å²) in [4.78, 5) is 14.9. The van der Waals surface area contributed by atoms with E-state index in [0.29, 0.717) is 16.6 Å². The van der Waals surface area contributed by atoms with Gasteiger partial charge in [0.15, 0.2) is 6.10 Å². The van der Waals surface area contributed by atoms with Gasteiger partial charge in [-0.2, -0.15) is 0 Å². The lowest BCUT2D eigenvalue weighted by molar-refractivity contribution is -0.143. The minimum Gasteiger partial charge on any atom is -0.367 e. The van der Waals surface area contributed by atoms with E-state index in [1.165, 1.54) is 0 Å². The maximum atomic E-state index is 13.0. The molecule has 0 bridgehead atoms. The fourth-order valence-electron chi connectivity index (χ4n) is 3.43. The average molecular weight is 378 g/mol. The summed E-state index contributed by atoms with van der Waals surface area (Å²) in [5.74, 6) is 0.244. The van der Waals surface area contributed by atoms with Crippen molar-refractivity contribution in [3.8, 4) is 0 Å².